The number of benzene rings is 2. The number of aliphatic hydroxyl groups is 1. The number of halogens is 3. The number of hydrogen-bond donors (Lipinski definition) is 1. The minimum absolute atomic E-state index is 0.0486. The molecule has 0 amide bonds. The summed E-state index contributed by atoms with van der Waals surface area (Å²) in [5, 5.41) is 9.57. The summed E-state index contributed by atoms with van der Waals surface area (Å²) in [4.78, 5) is 0.409. The SMILES string of the molecule is CC(O)c1c(F)cccc1Sc1cc(F)ccc1F. The van der Waals surface area contributed by atoms with Gasteiger partial charge in [0, 0.05) is 10.5 Å². The van der Waals surface area contributed by atoms with E-state index in [1.54, 1.807) is 6.07 Å². The van der Waals surface area contributed by atoms with Crippen LogP contribution >= 0.6 is 11.8 Å². The maximum atomic E-state index is 13.6. The highest BCUT2D eigenvalue weighted by atomic mass is 32.2. The lowest BCUT2D eigenvalue weighted by Crippen LogP contribution is -1.98. The Balaban J connectivity index is 2.44. The fourth-order valence-electron chi connectivity index (χ4n) is 1.69. The Morgan fingerprint density at radius 3 is 2.42 bits per heavy atom. The quantitative estimate of drug-likeness (QED) is 0.906. The zero-order chi connectivity index (χ0) is 14.0. The molecule has 1 unspecified atom stereocenters. The van der Waals surface area contributed by atoms with Gasteiger partial charge in [-0.05, 0) is 37.3 Å². The van der Waals surface area contributed by atoms with Crippen molar-refractivity contribution in [3.63, 3.8) is 0 Å². The third kappa shape index (κ3) is 3.11. The fourth-order valence-corrected chi connectivity index (χ4v) is 2.78. The van der Waals surface area contributed by atoms with Gasteiger partial charge in [0.1, 0.15) is 17.5 Å². The molecule has 0 heterocycles. The van der Waals surface area contributed by atoms with Crippen LogP contribution in [0.15, 0.2) is 46.2 Å². The minimum atomic E-state index is -1.03. The molecule has 0 spiro atoms. The molecule has 0 fully saturated rings. The van der Waals surface area contributed by atoms with Crippen LogP contribution in [0.4, 0.5) is 13.2 Å². The van der Waals surface area contributed by atoms with E-state index in [-0.39, 0.29) is 10.5 Å². The van der Waals surface area contributed by atoms with Gasteiger partial charge in [-0.1, -0.05) is 17.8 Å². The van der Waals surface area contributed by atoms with Crippen LogP contribution in [0.1, 0.15) is 18.6 Å². The van der Waals surface area contributed by atoms with Crippen LogP contribution in [0.25, 0.3) is 0 Å². The van der Waals surface area contributed by atoms with E-state index in [1.165, 1.54) is 19.1 Å². The van der Waals surface area contributed by atoms with E-state index in [4.69, 9.17) is 0 Å². The maximum absolute atomic E-state index is 13.6. The summed E-state index contributed by atoms with van der Waals surface area (Å²) in [6.07, 6.45) is -1.03. The molecule has 0 aromatic heterocycles. The van der Waals surface area contributed by atoms with Gasteiger partial charge >= 0.3 is 0 Å². The summed E-state index contributed by atoms with van der Waals surface area (Å²) in [5.74, 6) is -1.73. The molecule has 2 aromatic carbocycles. The van der Waals surface area contributed by atoms with E-state index in [2.05, 4.69) is 0 Å². The highest BCUT2D eigenvalue weighted by Gasteiger charge is 2.16. The summed E-state index contributed by atoms with van der Waals surface area (Å²) < 4.78 is 40.3. The van der Waals surface area contributed by atoms with Crippen LogP contribution in [0, 0.1) is 17.5 Å². The summed E-state index contributed by atoms with van der Waals surface area (Å²) in [6.45, 7) is 1.42. The Labute approximate surface area is 113 Å². The molecule has 1 nitrogen and oxygen atoms in total. The van der Waals surface area contributed by atoms with Gasteiger partial charge in [-0.25, -0.2) is 13.2 Å². The lowest BCUT2D eigenvalue weighted by molar-refractivity contribution is 0.191. The molecule has 2 rings (SSSR count). The van der Waals surface area contributed by atoms with Gasteiger partial charge in [-0.15, -0.1) is 0 Å². The highest BCUT2D eigenvalue weighted by Crippen LogP contribution is 2.36. The molecule has 0 radical (unpaired) electrons. The Kier molecular flexibility index (Phi) is 4.17. The lowest BCUT2D eigenvalue weighted by atomic mass is 10.1. The highest BCUT2D eigenvalue weighted by molar-refractivity contribution is 7.99. The molecule has 0 aliphatic heterocycles. The summed E-state index contributed by atoms with van der Waals surface area (Å²) in [5.41, 5.74) is 0.0798. The van der Waals surface area contributed by atoms with Crippen LogP contribution in [-0.2, 0) is 0 Å². The van der Waals surface area contributed by atoms with Gasteiger partial charge < -0.3 is 5.11 Å². The first-order valence-corrected chi connectivity index (χ1v) is 6.40. The Hall–Kier alpha value is -1.46. The number of hydrogen-bond acceptors (Lipinski definition) is 2. The molecular weight excluding hydrogens is 273 g/mol. The summed E-state index contributed by atoms with van der Waals surface area (Å²) in [7, 11) is 0. The van der Waals surface area contributed by atoms with E-state index in [0.717, 1.165) is 30.0 Å². The first-order chi connectivity index (χ1) is 8.99. The van der Waals surface area contributed by atoms with Gasteiger partial charge in [0.25, 0.3) is 0 Å². The van der Waals surface area contributed by atoms with Crippen LogP contribution in [0.5, 0.6) is 0 Å². The van der Waals surface area contributed by atoms with Crippen molar-refractivity contribution in [1.29, 1.82) is 0 Å². The lowest BCUT2D eigenvalue weighted by Gasteiger charge is -2.12. The molecule has 0 aliphatic carbocycles. The standard InChI is InChI=1S/C14H11F3OS/c1-8(18)14-11(17)3-2-4-12(14)19-13-7-9(15)5-6-10(13)16/h2-8,18H,1H3. The first kappa shape index (κ1) is 14.0. The van der Waals surface area contributed by atoms with E-state index in [9.17, 15) is 18.3 Å². The Morgan fingerprint density at radius 1 is 1.00 bits per heavy atom. The Morgan fingerprint density at radius 2 is 1.74 bits per heavy atom. The first-order valence-electron chi connectivity index (χ1n) is 5.58. The van der Waals surface area contributed by atoms with Crippen molar-refractivity contribution in [2.45, 2.75) is 22.8 Å². The van der Waals surface area contributed by atoms with E-state index in [0.29, 0.717) is 4.90 Å². The average molecular weight is 284 g/mol. The molecule has 5 heteroatoms. The van der Waals surface area contributed by atoms with Gasteiger partial charge in [0.2, 0.25) is 0 Å². The second-order valence-corrected chi connectivity index (χ2v) is 5.09. The van der Waals surface area contributed by atoms with Crippen molar-refractivity contribution in [2.75, 3.05) is 0 Å². The van der Waals surface area contributed by atoms with Gasteiger partial charge in [0.15, 0.2) is 0 Å². The van der Waals surface area contributed by atoms with Crippen molar-refractivity contribution in [3.8, 4) is 0 Å². The monoisotopic (exact) mass is 284 g/mol. The van der Waals surface area contributed by atoms with Crippen LogP contribution in [0.2, 0.25) is 0 Å². The molecule has 100 valence electrons. The summed E-state index contributed by atoms with van der Waals surface area (Å²) >= 11 is 0.882. The maximum Gasteiger partial charge on any atom is 0.137 e. The van der Waals surface area contributed by atoms with Crippen molar-refractivity contribution in [1.82, 2.24) is 0 Å². The van der Waals surface area contributed by atoms with Gasteiger partial charge in [0.05, 0.1) is 11.0 Å². The second kappa shape index (κ2) is 5.67. The van der Waals surface area contributed by atoms with Crippen molar-refractivity contribution < 1.29 is 18.3 Å². The predicted octanol–water partition coefficient (Wildman–Crippen LogP) is 4.31. The molecule has 0 saturated heterocycles. The van der Waals surface area contributed by atoms with E-state index in [1.807, 2.05) is 0 Å². The average Bonchev–Trinajstić information content (AvgIpc) is 2.33. The molecular formula is C14H11F3OS. The number of aliphatic hydroxyl groups excluding tert-OH is 1. The van der Waals surface area contributed by atoms with Crippen molar-refractivity contribution in [3.05, 3.63) is 59.4 Å². The topological polar surface area (TPSA) is 20.2 Å². The normalized spacial score (nSPS) is 12.5. The molecule has 1 atom stereocenters. The molecule has 2 aromatic rings. The zero-order valence-electron chi connectivity index (χ0n) is 10.0. The summed E-state index contributed by atoms with van der Waals surface area (Å²) in [6, 6.07) is 7.30. The minimum Gasteiger partial charge on any atom is -0.389 e. The molecule has 0 saturated carbocycles. The predicted molar refractivity (Wildman–Crippen MR) is 67.5 cm³/mol. The third-order valence-corrected chi connectivity index (χ3v) is 3.65. The van der Waals surface area contributed by atoms with Crippen LogP contribution < -0.4 is 0 Å². The van der Waals surface area contributed by atoms with Crippen molar-refractivity contribution in [2.24, 2.45) is 0 Å². The van der Waals surface area contributed by atoms with Crippen LogP contribution in [-0.4, -0.2) is 5.11 Å². The van der Waals surface area contributed by atoms with Gasteiger partial charge in [-0.3, -0.25) is 0 Å². The van der Waals surface area contributed by atoms with E-state index < -0.39 is 23.6 Å². The Bertz CT molecular complexity index is 599. The van der Waals surface area contributed by atoms with Gasteiger partial charge in [-0.2, -0.15) is 0 Å². The molecule has 0 bridgehead atoms. The molecule has 1 N–H and O–H groups in total. The smallest absolute Gasteiger partial charge is 0.137 e. The third-order valence-electron chi connectivity index (χ3n) is 2.54. The van der Waals surface area contributed by atoms with Crippen LogP contribution in [0.3, 0.4) is 0 Å². The van der Waals surface area contributed by atoms with Crippen molar-refractivity contribution >= 4 is 11.8 Å². The molecule has 0 aliphatic rings. The molecule has 19 heavy (non-hydrogen) atoms. The zero-order valence-corrected chi connectivity index (χ0v) is 10.8. The largest absolute Gasteiger partial charge is 0.389 e. The van der Waals surface area contributed by atoms with E-state index >= 15 is 0 Å². The second-order valence-electron chi connectivity index (χ2n) is 4.00. The fraction of sp³-hybridized carbons (Fsp3) is 0.143. The number of rotatable bonds is 3.